The van der Waals surface area contributed by atoms with E-state index < -0.39 is 17.8 Å². The first-order chi connectivity index (χ1) is 12.5. The molecule has 2 aromatic rings. The van der Waals surface area contributed by atoms with E-state index in [0.29, 0.717) is 22.0 Å². The smallest absolute Gasteiger partial charge is 0.325 e. The number of hydrogen-bond acceptors (Lipinski definition) is 5. The van der Waals surface area contributed by atoms with E-state index in [1.165, 1.54) is 13.2 Å². The molecule has 0 saturated carbocycles. The van der Waals surface area contributed by atoms with E-state index in [4.69, 9.17) is 16.3 Å². The molecule has 0 bridgehead atoms. The molecule has 136 valence electrons. The summed E-state index contributed by atoms with van der Waals surface area (Å²) in [7, 11) is 1.23. The second-order valence-electron chi connectivity index (χ2n) is 5.11. The van der Waals surface area contributed by atoms with Crippen molar-refractivity contribution in [1.82, 2.24) is 5.32 Å². The van der Waals surface area contributed by atoms with Crippen LogP contribution in [0.25, 0.3) is 0 Å². The Labute approximate surface area is 155 Å². The minimum atomic E-state index is -0.556. The number of benzene rings is 2. The zero-order valence-electron chi connectivity index (χ0n) is 14.0. The molecule has 0 aliphatic heterocycles. The summed E-state index contributed by atoms with van der Waals surface area (Å²) in [6.07, 6.45) is 0. The molecule has 2 amide bonds. The van der Waals surface area contributed by atoms with Gasteiger partial charge in [-0.15, -0.1) is 0 Å². The zero-order chi connectivity index (χ0) is 18.9. The second kappa shape index (κ2) is 9.43. The van der Waals surface area contributed by atoms with Gasteiger partial charge in [0.25, 0.3) is 11.8 Å². The van der Waals surface area contributed by atoms with Gasteiger partial charge in [-0.2, -0.15) is 0 Å². The largest absolute Gasteiger partial charge is 0.482 e. The monoisotopic (exact) mass is 376 g/mol. The minimum Gasteiger partial charge on any atom is -0.482 e. The van der Waals surface area contributed by atoms with Crippen molar-refractivity contribution in [1.29, 1.82) is 0 Å². The number of carbonyl (C=O) groups excluding carboxylic acids is 3. The van der Waals surface area contributed by atoms with E-state index >= 15 is 0 Å². The first-order valence-electron chi connectivity index (χ1n) is 7.62. The molecule has 2 aromatic carbocycles. The van der Waals surface area contributed by atoms with Gasteiger partial charge in [0.2, 0.25) is 0 Å². The Morgan fingerprint density at radius 2 is 1.85 bits per heavy atom. The van der Waals surface area contributed by atoms with E-state index in [1.807, 2.05) is 0 Å². The topological polar surface area (TPSA) is 93.7 Å². The first kappa shape index (κ1) is 19.3. The molecular formula is C18H17ClN2O5. The molecule has 0 aliphatic carbocycles. The summed E-state index contributed by atoms with van der Waals surface area (Å²) in [5.41, 5.74) is 0.710. The molecular weight excluding hydrogens is 360 g/mol. The molecule has 0 spiro atoms. The van der Waals surface area contributed by atoms with Crippen molar-refractivity contribution in [3.8, 4) is 5.75 Å². The van der Waals surface area contributed by atoms with E-state index in [0.717, 1.165) is 0 Å². The summed E-state index contributed by atoms with van der Waals surface area (Å²) in [6, 6.07) is 13.1. The Morgan fingerprint density at radius 3 is 2.58 bits per heavy atom. The van der Waals surface area contributed by atoms with Crippen LogP contribution in [0, 0.1) is 0 Å². The van der Waals surface area contributed by atoms with Crippen LogP contribution in [0.1, 0.15) is 10.4 Å². The Kier molecular flexibility index (Phi) is 6.99. The highest BCUT2D eigenvalue weighted by Gasteiger charge is 2.10. The quantitative estimate of drug-likeness (QED) is 0.723. The Morgan fingerprint density at radius 1 is 1.08 bits per heavy atom. The van der Waals surface area contributed by atoms with Gasteiger partial charge in [0, 0.05) is 11.3 Å². The van der Waals surface area contributed by atoms with Gasteiger partial charge in [0.05, 0.1) is 12.1 Å². The molecule has 8 heteroatoms. The highest BCUT2D eigenvalue weighted by atomic mass is 35.5. The third kappa shape index (κ3) is 5.78. The maximum atomic E-state index is 12.0. The van der Waals surface area contributed by atoms with Crippen LogP contribution in [0.4, 0.5) is 5.69 Å². The molecule has 2 rings (SSSR count). The predicted molar refractivity (Wildman–Crippen MR) is 96.4 cm³/mol. The summed E-state index contributed by atoms with van der Waals surface area (Å²) in [4.78, 5) is 35.0. The van der Waals surface area contributed by atoms with E-state index in [2.05, 4.69) is 15.4 Å². The zero-order valence-corrected chi connectivity index (χ0v) is 14.7. The molecule has 0 saturated heterocycles. The number of esters is 1. The Balaban J connectivity index is 1.91. The van der Waals surface area contributed by atoms with Crippen LogP contribution in [0.5, 0.6) is 5.75 Å². The standard InChI is InChI=1S/C18H17ClN2O5/c1-25-17(23)10-20-18(24)12-5-4-6-13(9-12)21-16(22)11-26-15-8-3-2-7-14(15)19/h2-9H,10-11H2,1H3,(H,20,24)(H,21,22). The van der Waals surface area contributed by atoms with Gasteiger partial charge in [0.15, 0.2) is 6.61 Å². The summed E-state index contributed by atoms with van der Waals surface area (Å²) < 4.78 is 9.80. The highest BCUT2D eigenvalue weighted by molar-refractivity contribution is 6.32. The number of para-hydroxylation sites is 1. The number of nitrogens with one attached hydrogen (secondary N) is 2. The lowest BCUT2D eigenvalue weighted by atomic mass is 10.2. The van der Waals surface area contributed by atoms with Gasteiger partial charge >= 0.3 is 5.97 Å². The number of amides is 2. The van der Waals surface area contributed by atoms with Crippen molar-refractivity contribution >= 4 is 35.1 Å². The minimum absolute atomic E-state index is 0.234. The van der Waals surface area contributed by atoms with Crippen LogP contribution < -0.4 is 15.4 Å². The molecule has 2 N–H and O–H groups in total. The number of ether oxygens (including phenoxy) is 2. The summed E-state index contributed by atoms with van der Waals surface area (Å²) in [5.74, 6) is -1.02. The predicted octanol–water partition coefficient (Wildman–Crippen LogP) is 2.26. The molecule has 0 radical (unpaired) electrons. The Bertz CT molecular complexity index is 810. The molecule has 0 unspecified atom stereocenters. The number of carbonyl (C=O) groups is 3. The first-order valence-corrected chi connectivity index (χ1v) is 7.99. The molecule has 0 aliphatic rings. The van der Waals surface area contributed by atoms with Crippen LogP contribution >= 0.6 is 11.6 Å². The summed E-state index contributed by atoms with van der Waals surface area (Å²) in [6.45, 7) is -0.472. The third-order valence-electron chi connectivity index (χ3n) is 3.22. The lowest BCUT2D eigenvalue weighted by Gasteiger charge is -2.10. The number of hydrogen-bond donors (Lipinski definition) is 2. The second-order valence-corrected chi connectivity index (χ2v) is 5.51. The number of halogens is 1. The molecule has 0 fully saturated rings. The van der Waals surface area contributed by atoms with Crippen molar-refractivity contribution < 1.29 is 23.9 Å². The van der Waals surface area contributed by atoms with Crippen molar-refractivity contribution in [3.05, 3.63) is 59.1 Å². The van der Waals surface area contributed by atoms with Gasteiger partial charge in [-0.25, -0.2) is 0 Å². The van der Waals surface area contributed by atoms with Gasteiger partial charge in [-0.1, -0.05) is 29.8 Å². The fraction of sp³-hybridized carbons (Fsp3) is 0.167. The van der Waals surface area contributed by atoms with Crippen molar-refractivity contribution in [2.45, 2.75) is 0 Å². The fourth-order valence-electron chi connectivity index (χ4n) is 1.97. The van der Waals surface area contributed by atoms with Crippen molar-refractivity contribution in [3.63, 3.8) is 0 Å². The van der Waals surface area contributed by atoms with Crippen LogP contribution in [0.2, 0.25) is 5.02 Å². The van der Waals surface area contributed by atoms with Crippen LogP contribution in [0.3, 0.4) is 0 Å². The van der Waals surface area contributed by atoms with Crippen LogP contribution in [-0.2, 0) is 14.3 Å². The fourth-order valence-corrected chi connectivity index (χ4v) is 2.16. The van der Waals surface area contributed by atoms with Crippen molar-refractivity contribution in [2.24, 2.45) is 0 Å². The number of rotatable bonds is 7. The Hall–Kier alpha value is -3.06. The van der Waals surface area contributed by atoms with Crippen LogP contribution in [0.15, 0.2) is 48.5 Å². The number of anilines is 1. The summed E-state index contributed by atoms with van der Waals surface area (Å²) in [5, 5.41) is 5.45. The summed E-state index contributed by atoms with van der Waals surface area (Å²) >= 11 is 5.95. The molecule has 26 heavy (non-hydrogen) atoms. The van der Waals surface area contributed by atoms with Crippen molar-refractivity contribution in [2.75, 3.05) is 25.6 Å². The lowest BCUT2D eigenvalue weighted by molar-refractivity contribution is -0.139. The van der Waals surface area contributed by atoms with E-state index in [-0.39, 0.29) is 13.2 Å². The normalized spacial score (nSPS) is 9.92. The average molecular weight is 377 g/mol. The molecule has 0 atom stereocenters. The maximum Gasteiger partial charge on any atom is 0.325 e. The maximum absolute atomic E-state index is 12.0. The van der Waals surface area contributed by atoms with E-state index in [1.54, 1.807) is 42.5 Å². The van der Waals surface area contributed by atoms with Gasteiger partial charge in [-0.3, -0.25) is 14.4 Å². The third-order valence-corrected chi connectivity index (χ3v) is 3.54. The van der Waals surface area contributed by atoms with Gasteiger partial charge < -0.3 is 20.1 Å². The van der Waals surface area contributed by atoms with Crippen LogP contribution in [-0.4, -0.2) is 38.0 Å². The highest BCUT2D eigenvalue weighted by Crippen LogP contribution is 2.23. The molecule has 0 aromatic heterocycles. The molecule has 7 nitrogen and oxygen atoms in total. The van der Waals surface area contributed by atoms with E-state index in [9.17, 15) is 14.4 Å². The van der Waals surface area contributed by atoms with Gasteiger partial charge in [-0.05, 0) is 30.3 Å². The number of methoxy groups -OCH3 is 1. The van der Waals surface area contributed by atoms with Gasteiger partial charge in [0.1, 0.15) is 12.3 Å². The lowest BCUT2D eigenvalue weighted by Crippen LogP contribution is -2.30. The average Bonchev–Trinajstić information content (AvgIpc) is 2.65. The SMILES string of the molecule is COC(=O)CNC(=O)c1cccc(NC(=O)COc2ccccc2Cl)c1. The molecule has 0 heterocycles.